The van der Waals surface area contributed by atoms with E-state index in [1.807, 2.05) is 0 Å². The molecule has 1 aromatic heterocycles. The van der Waals surface area contributed by atoms with E-state index >= 15 is 0 Å². The number of aryl methyl sites for hydroxylation is 2. The van der Waals surface area contributed by atoms with Gasteiger partial charge in [0.15, 0.2) is 0 Å². The summed E-state index contributed by atoms with van der Waals surface area (Å²) in [5.41, 5.74) is 5.81. The molecule has 1 N–H and O–H groups in total. The highest BCUT2D eigenvalue weighted by molar-refractivity contribution is 9.10. The van der Waals surface area contributed by atoms with Gasteiger partial charge in [-0.2, -0.15) is 5.10 Å². The topological polar surface area (TPSA) is 42.3 Å². The van der Waals surface area contributed by atoms with Gasteiger partial charge in [0, 0.05) is 19.6 Å². The molecule has 102 valence electrons. The average Bonchev–Trinajstić information content (AvgIpc) is 2.73. The van der Waals surface area contributed by atoms with Crippen molar-refractivity contribution in [3.05, 3.63) is 15.9 Å². The second-order valence-electron chi connectivity index (χ2n) is 4.31. The van der Waals surface area contributed by atoms with Gasteiger partial charge in [-0.3, -0.25) is 4.68 Å². The van der Waals surface area contributed by atoms with E-state index < -0.39 is 0 Å². The SMILES string of the molecule is CCc1nn(CC)c(CNN2CCOCC2)c1Br. The summed E-state index contributed by atoms with van der Waals surface area (Å²) in [4.78, 5) is 0. The van der Waals surface area contributed by atoms with Crippen LogP contribution in [0.4, 0.5) is 0 Å². The molecule has 0 amide bonds. The number of morpholine rings is 1. The Balaban J connectivity index is 2.01. The highest BCUT2D eigenvalue weighted by Gasteiger charge is 2.15. The molecule has 2 rings (SSSR count). The summed E-state index contributed by atoms with van der Waals surface area (Å²) in [6.45, 7) is 9.46. The van der Waals surface area contributed by atoms with Gasteiger partial charge in [0.05, 0.1) is 35.6 Å². The molecule has 0 aliphatic carbocycles. The maximum Gasteiger partial charge on any atom is 0.0767 e. The van der Waals surface area contributed by atoms with Gasteiger partial charge in [0.1, 0.15) is 0 Å². The molecule has 0 spiro atoms. The van der Waals surface area contributed by atoms with Crippen molar-refractivity contribution in [2.75, 3.05) is 26.3 Å². The van der Waals surface area contributed by atoms with Gasteiger partial charge in [0.25, 0.3) is 0 Å². The first kappa shape index (κ1) is 14.0. The molecular weight excluding hydrogens is 296 g/mol. The summed E-state index contributed by atoms with van der Waals surface area (Å²) in [6, 6.07) is 0. The van der Waals surface area contributed by atoms with Crippen LogP contribution in [0, 0.1) is 0 Å². The van der Waals surface area contributed by atoms with Crippen LogP contribution in [0.3, 0.4) is 0 Å². The molecule has 1 fully saturated rings. The second-order valence-corrected chi connectivity index (χ2v) is 5.10. The third kappa shape index (κ3) is 3.12. The van der Waals surface area contributed by atoms with Crippen molar-refractivity contribution in [3.8, 4) is 0 Å². The molecule has 0 radical (unpaired) electrons. The molecule has 0 saturated carbocycles. The van der Waals surface area contributed by atoms with Gasteiger partial charge in [0.2, 0.25) is 0 Å². The van der Waals surface area contributed by atoms with Crippen LogP contribution >= 0.6 is 15.9 Å². The molecule has 0 aromatic carbocycles. The summed E-state index contributed by atoms with van der Waals surface area (Å²) < 4.78 is 8.55. The van der Waals surface area contributed by atoms with Crippen LogP contribution < -0.4 is 5.43 Å². The Hall–Kier alpha value is -0.430. The number of ether oxygens (including phenoxy) is 1. The lowest BCUT2D eigenvalue weighted by Crippen LogP contribution is -2.45. The van der Waals surface area contributed by atoms with Crippen LogP contribution in [0.5, 0.6) is 0 Å². The molecule has 0 atom stereocenters. The zero-order chi connectivity index (χ0) is 13.0. The quantitative estimate of drug-likeness (QED) is 0.895. The third-order valence-corrected chi connectivity index (χ3v) is 4.09. The first-order valence-corrected chi connectivity index (χ1v) is 7.35. The number of nitrogens with zero attached hydrogens (tertiary/aromatic N) is 3. The molecule has 0 bridgehead atoms. The summed E-state index contributed by atoms with van der Waals surface area (Å²) in [5.74, 6) is 0. The first-order valence-electron chi connectivity index (χ1n) is 6.56. The second kappa shape index (κ2) is 6.65. The molecule has 6 heteroatoms. The van der Waals surface area contributed by atoms with Crippen LogP contribution in [0.15, 0.2) is 4.47 Å². The lowest BCUT2D eigenvalue weighted by Gasteiger charge is -2.27. The lowest BCUT2D eigenvalue weighted by molar-refractivity contribution is 0.0101. The van der Waals surface area contributed by atoms with Gasteiger partial charge in [-0.15, -0.1) is 0 Å². The Labute approximate surface area is 117 Å². The van der Waals surface area contributed by atoms with E-state index in [1.165, 1.54) is 5.69 Å². The Morgan fingerprint density at radius 3 is 2.67 bits per heavy atom. The fourth-order valence-electron chi connectivity index (χ4n) is 2.09. The molecule has 18 heavy (non-hydrogen) atoms. The summed E-state index contributed by atoms with van der Waals surface area (Å²) in [7, 11) is 0. The number of hydrogen-bond acceptors (Lipinski definition) is 4. The van der Waals surface area contributed by atoms with Crippen molar-refractivity contribution in [1.29, 1.82) is 0 Å². The van der Waals surface area contributed by atoms with Crippen LogP contribution in [-0.2, 0) is 24.2 Å². The van der Waals surface area contributed by atoms with E-state index in [1.54, 1.807) is 0 Å². The summed E-state index contributed by atoms with van der Waals surface area (Å²) in [6.07, 6.45) is 0.956. The molecular formula is C12H21BrN4O. The molecule has 1 aliphatic heterocycles. The van der Waals surface area contributed by atoms with E-state index in [-0.39, 0.29) is 0 Å². The van der Waals surface area contributed by atoms with Gasteiger partial charge in [-0.05, 0) is 29.3 Å². The fourth-order valence-corrected chi connectivity index (χ4v) is 2.80. The van der Waals surface area contributed by atoms with Gasteiger partial charge in [-0.25, -0.2) is 10.4 Å². The van der Waals surface area contributed by atoms with E-state index in [0.29, 0.717) is 0 Å². The number of nitrogens with one attached hydrogen (secondary N) is 1. The third-order valence-electron chi connectivity index (χ3n) is 3.18. The molecule has 1 aliphatic rings. The molecule has 1 saturated heterocycles. The monoisotopic (exact) mass is 316 g/mol. The Bertz CT molecular complexity index is 388. The summed E-state index contributed by atoms with van der Waals surface area (Å²) >= 11 is 3.66. The van der Waals surface area contributed by atoms with E-state index in [9.17, 15) is 0 Å². The largest absolute Gasteiger partial charge is 0.379 e. The predicted octanol–water partition coefficient (Wildman–Crippen LogP) is 1.56. The minimum Gasteiger partial charge on any atom is -0.379 e. The van der Waals surface area contributed by atoms with Gasteiger partial charge >= 0.3 is 0 Å². The van der Waals surface area contributed by atoms with Crippen molar-refractivity contribution >= 4 is 15.9 Å². The number of rotatable bonds is 5. The van der Waals surface area contributed by atoms with Gasteiger partial charge < -0.3 is 4.74 Å². The van der Waals surface area contributed by atoms with E-state index in [0.717, 1.165) is 56.0 Å². The maximum absolute atomic E-state index is 5.33. The smallest absolute Gasteiger partial charge is 0.0767 e. The van der Waals surface area contributed by atoms with E-state index in [4.69, 9.17) is 4.74 Å². The van der Waals surface area contributed by atoms with Crippen LogP contribution in [0.25, 0.3) is 0 Å². The van der Waals surface area contributed by atoms with Crippen LogP contribution in [0.1, 0.15) is 25.2 Å². The number of aromatic nitrogens is 2. The van der Waals surface area contributed by atoms with Gasteiger partial charge in [-0.1, -0.05) is 6.92 Å². The number of hydrogen-bond donors (Lipinski definition) is 1. The predicted molar refractivity (Wildman–Crippen MR) is 74.2 cm³/mol. The average molecular weight is 317 g/mol. The fraction of sp³-hybridized carbons (Fsp3) is 0.750. The lowest BCUT2D eigenvalue weighted by atomic mass is 10.3. The number of halogens is 1. The van der Waals surface area contributed by atoms with Crippen LogP contribution in [0.2, 0.25) is 0 Å². The van der Waals surface area contributed by atoms with Crippen molar-refractivity contribution < 1.29 is 4.74 Å². The molecule has 1 aromatic rings. The molecule has 2 heterocycles. The minimum atomic E-state index is 0.807. The van der Waals surface area contributed by atoms with Crippen molar-refractivity contribution in [2.45, 2.75) is 33.4 Å². The highest BCUT2D eigenvalue weighted by atomic mass is 79.9. The van der Waals surface area contributed by atoms with E-state index in [2.05, 4.69) is 50.0 Å². The Morgan fingerprint density at radius 2 is 2.06 bits per heavy atom. The zero-order valence-electron chi connectivity index (χ0n) is 11.1. The number of hydrazine groups is 1. The van der Waals surface area contributed by atoms with Crippen molar-refractivity contribution in [2.24, 2.45) is 0 Å². The standard InChI is InChI=1S/C12H21BrN4O/c1-3-10-12(13)11(17(4-2)15-10)9-14-16-5-7-18-8-6-16/h14H,3-9H2,1-2H3. The highest BCUT2D eigenvalue weighted by Crippen LogP contribution is 2.22. The zero-order valence-corrected chi connectivity index (χ0v) is 12.7. The van der Waals surface area contributed by atoms with Crippen molar-refractivity contribution in [3.63, 3.8) is 0 Å². The molecule has 0 unspecified atom stereocenters. The Morgan fingerprint density at radius 1 is 1.33 bits per heavy atom. The summed E-state index contributed by atoms with van der Waals surface area (Å²) in [5, 5.41) is 6.81. The first-order chi connectivity index (χ1) is 8.76. The van der Waals surface area contributed by atoms with Crippen molar-refractivity contribution in [1.82, 2.24) is 20.2 Å². The minimum absolute atomic E-state index is 0.807. The molecule has 5 nitrogen and oxygen atoms in total. The Kier molecular flexibility index (Phi) is 5.17. The maximum atomic E-state index is 5.33. The normalized spacial score (nSPS) is 17.3. The van der Waals surface area contributed by atoms with Crippen LogP contribution in [-0.4, -0.2) is 41.1 Å².